The number of carboxylic acid groups (broad SMARTS) is 1. The van der Waals surface area contributed by atoms with Crippen LogP contribution >= 0.6 is 0 Å². The molecule has 0 radical (unpaired) electrons. The highest BCUT2D eigenvalue weighted by molar-refractivity contribution is 6.03. The minimum absolute atomic E-state index is 0.0903. The number of amides is 1. The molecule has 0 aromatic carbocycles. The van der Waals surface area contributed by atoms with Crippen LogP contribution in [-0.2, 0) is 23.9 Å². The third-order valence-corrected chi connectivity index (χ3v) is 2.62. The molecule has 1 saturated heterocycles. The van der Waals surface area contributed by atoms with Gasteiger partial charge in [-0.2, -0.15) is 0 Å². The van der Waals surface area contributed by atoms with E-state index in [0.717, 1.165) is 0 Å². The predicted octanol–water partition coefficient (Wildman–Crippen LogP) is -1.76. The lowest BCUT2D eigenvalue weighted by molar-refractivity contribution is -0.152. The van der Waals surface area contributed by atoms with Crippen molar-refractivity contribution in [1.29, 1.82) is 0 Å². The van der Waals surface area contributed by atoms with Crippen LogP contribution in [0, 0.1) is 0 Å². The van der Waals surface area contributed by atoms with Gasteiger partial charge in [0.1, 0.15) is 0 Å². The van der Waals surface area contributed by atoms with Gasteiger partial charge >= 0.3 is 11.9 Å². The van der Waals surface area contributed by atoms with Crippen molar-refractivity contribution in [1.82, 2.24) is 5.32 Å². The molecule has 1 heterocycles. The highest BCUT2D eigenvalue weighted by Crippen LogP contribution is 2.19. The van der Waals surface area contributed by atoms with Gasteiger partial charge in [-0.3, -0.25) is 4.79 Å². The molecule has 18 heavy (non-hydrogen) atoms. The molecule has 102 valence electrons. The molecule has 1 aliphatic heterocycles. The quantitative estimate of drug-likeness (QED) is 0.394. The largest absolute Gasteiger partial charge is 0.479 e. The molecular weight excluding hydrogens is 244 g/mol. The molecular formula is C10H16N2O6. The van der Waals surface area contributed by atoms with Crippen LogP contribution in [0.2, 0.25) is 0 Å². The standard InChI is InChI=1S/C10H16N2O6/c1-2-18-8(14)6(11)7(13)12-10(9(15)16)3-4-17-5-10/h6H,2-5,11H2,1H3,(H,12,13)(H,15,16). The third kappa shape index (κ3) is 2.96. The van der Waals surface area contributed by atoms with E-state index in [2.05, 4.69) is 10.1 Å². The van der Waals surface area contributed by atoms with E-state index in [1.807, 2.05) is 0 Å². The zero-order valence-electron chi connectivity index (χ0n) is 9.97. The Hall–Kier alpha value is -1.67. The smallest absolute Gasteiger partial charge is 0.332 e. The van der Waals surface area contributed by atoms with Gasteiger partial charge in [0.15, 0.2) is 11.6 Å². The summed E-state index contributed by atoms with van der Waals surface area (Å²) in [6.45, 7) is 1.74. The summed E-state index contributed by atoms with van der Waals surface area (Å²) in [6.07, 6.45) is 0.129. The van der Waals surface area contributed by atoms with E-state index in [-0.39, 0.29) is 26.2 Å². The Balaban J connectivity index is 2.68. The number of aliphatic carboxylic acids is 1. The van der Waals surface area contributed by atoms with Crippen LogP contribution in [0.25, 0.3) is 0 Å². The molecule has 4 N–H and O–H groups in total. The van der Waals surface area contributed by atoms with Crippen LogP contribution in [0.3, 0.4) is 0 Å². The van der Waals surface area contributed by atoms with Gasteiger partial charge in [-0.25, -0.2) is 9.59 Å². The first-order valence-corrected chi connectivity index (χ1v) is 5.48. The van der Waals surface area contributed by atoms with Crippen molar-refractivity contribution in [3.63, 3.8) is 0 Å². The molecule has 0 spiro atoms. The molecule has 0 bridgehead atoms. The van der Waals surface area contributed by atoms with E-state index in [9.17, 15) is 14.4 Å². The number of hydrogen-bond acceptors (Lipinski definition) is 6. The average Bonchev–Trinajstić information content (AvgIpc) is 2.78. The molecule has 8 nitrogen and oxygen atoms in total. The first-order valence-electron chi connectivity index (χ1n) is 5.48. The fraction of sp³-hybridized carbons (Fsp3) is 0.700. The molecule has 2 atom stereocenters. The van der Waals surface area contributed by atoms with Gasteiger partial charge in [-0.15, -0.1) is 0 Å². The lowest BCUT2D eigenvalue weighted by atomic mass is 9.98. The van der Waals surface area contributed by atoms with Crippen LogP contribution in [0.4, 0.5) is 0 Å². The van der Waals surface area contributed by atoms with E-state index in [4.69, 9.17) is 15.6 Å². The number of nitrogens with one attached hydrogen (secondary N) is 1. The molecule has 0 aromatic rings. The van der Waals surface area contributed by atoms with Gasteiger partial charge in [0.2, 0.25) is 5.91 Å². The molecule has 1 fully saturated rings. The second-order valence-corrected chi connectivity index (χ2v) is 3.91. The molecule has 2 unspecified atom stereocenters. The number of esters is 1. The molecule has 0 aliphatic carbocycles. The summed E-state index contributed by atoms with van der Waals surface area (Å²) in [5, 5.41) is 11.3. The normalized spacial score (nSPS) is 24.3. The summed E-state index contributed by atoms with van der Waals surface area (Å²) in [7, 11) is 0. The summed E-state index contributed by atoms with van der Waals surface area (Å²) in [4.78, 5) is 34.0. The van der Waals surface area contributed by atoms with E-state index >= 15 is 0 Å². The van der Waals surface area contributed by atoms with E-state index in [1.54, 1.807) is 6.92 Å². The molecule has 1 rings (SSSR count). The minimum Gasteiger partial charge on any atom is -0.479 e. The van der Waals surface area contributed by atoms with Gasteiger partial charge in [0.05, 0.1) is 13.2 Å². The van der Waals surface area contributed by atoms with Gasteiger partial charge in [0.25, 0.3) is 0 Å². The maximum absolute atomic E-state index is 11.7. The van der Waals surface area contributed by atoms with Crippen molar-refractivity contribution in [2.45, 2.75) is 24.9 Å². The van der Waals surface area contributed by atoms with Crippen molar-refractivity contribution in [3.8, 4) is 0 Å². The van der Waals surface area contributed by atoms with Crippen LogP contribution in [-0.4, -0.2) is 54.4 Å². The van der Waals surface area contributed by atoms with Gasteiger partial charge < -0.3 is 25.6 Å². The summed E-state index contributed by atoms with van der Waals surface area (Å²) < 4.78 is 9.54. The van der Waals surface area contributed by atoms with Crippen molar-refractivity contribution in [2.75, 3.05) is 19.8 Å². The van der Waals surface area contributed by atoms with Crippen molar-refractivity contribution < 1.29 is 29.0 Å². The Bertz CT molecular complexity index is 350. The summed E-state index contributed by atoms with van der Waals surface area (Å²) in [5.41, 5.74) is 3.85. The number of carbonyl (C=O) groups is 3. The number of hydrogen-bond donors (Lipinski definition) is 3. The van der Waals surface area contributed by atoms with Gasteiger partial charge in [0, 0.05) is 13.0 Å². The summed E-state index contributed by atoms with van der Waals surface area (Å²) in [5.74, 6) is -3.00. The molecule has 8 heteroatoms. The number of carboxylic acids is 1. The van der Waals surface area contributed by atoms with Crippen molar-refractivity contribution in [2.24, 2.45) is 5.73 Å². The first-order chi connectivity index (χ1) is 8.43. The van der Waals surface area contributed by atoms with Gasteiger partial charge in [-0.05, 0) is 6.92 Å². The number of rotatable bonds is 5. The fourth-order valence-electron chi connectivity index (χ4n) is 1.54. The number of nitrogens with two attached hydrogens (primary N) is 1. The topological polar surface area (TPSA) is 128 Å². The molecule has 0 saturated carbocycles. The summed E-state index contributed by atoms with van der Waals surface area (Å²) in [6, 6.07) is -1.54. The summed E-state index contributed by atoms with van der Waals surface area (Å²) >= 11 is 0. The predicted molar refractivity (Wildman–Crippen MR) is 58.6 cm³/mol. The first kappa shape index (κ1) is 14.4. The fourth-order valence-corrected chi connectivity index (χ4v) is 1.54. The third-order valence-electron chi connectivity index (χ3n) is 2.62. The number of ether oxygens (including phenoxy) is 2. The Labute approximate surface area is 103 Å². The SMILES string of the molecule is CCOC(=O)C(N)C(=O)NC1(C(=O)O)CCOC1. The van der Waals surface area contributed by atoms with Crippen molar-refractivity contribution >= 4 is 17.8 Å². The van der Waals surface area contributed by atoms with Gasteiger partial charge in [-0.1, -0.05) is 0 Å². The zero-order chi connectivity index (χ0) is 13.8. The number of carbonyl (C=O) groups excluding carboxylic acids is 2. The van der Waals surface area contributed by atoms with E-state index in [0.29, 0.717) is 0 Å². The second-order valence-electron chi connectivity index (χ2n) is 3.91. The highest BCUT2D eigenvalue weighted by Gasteiger charge is 2.45. The Morgan fingerprint density at radius 1 is 1.56 bits per heavy atom. The maximum atomic E-state index is 11.7. The molecule has 1 aliphatic rings. The lowest BCUT2D eigenvalue weighted by Gasteiger charge is -2.24. The van der Waals surface area contributed by atoms with E-state index in [1.165, 1.54) is 0 Å². The second kappa shape index (κ2) is 5.78. The molecule has 1 amide bonds. The van der Waals surface area contributed by atoms with Crippen LogP contribution < -0.4 is 11.1 Å². The average molecular weight is 260 g/mol. The Morgan fingerprint density at radius 2 is 2.22 bits per heavy atom. The minimum atomic E-state index is -1.54. The maximum Gasteiger partial charge on any atom is 0.332 e. The Kier molecular flexibility index (Phi) is 4.62. The van der Waals surface area contributed by atoms with Crippen LogP contribution in [0.15, 0.2) is 0 Å². The van der Waals surface area contributed by atoms with E-state index < -0.39 is 29.4 Å². The van der Waals surface area contributed by atoms with Crippen LogP contribution in [0.1, 0.15) is 13.3 Å². The van der Waals surface area contributed by atoms with Crippen molar-refractivity contribution in [3.05, 3.63) is 0 Å². The molecule has 0 aromatic heterocycles. The monoisotopic (exact) mass is 260 g/mol. The Morgan fingerprint density at radius 3 is 2.67 bits per heavy atom. The van der Waals surface area contributed by atoms with Crippen LogP contribution in [0.5, 0.6) is 0 Å². The lowest BCUT2D eigenvalue weighted by Crippen LogP contribution is -2.60. The zero-order valence-corrected chi connectivity index (χ0v) is 9.97. The highest BCUT2D eigenvalue weighted by atomic mass is 16.5.